The van der Waals surface area contributed by atoms with Gasteiger partial charge in [0.2, 0.25) is 5.91 Å². The van der Waals surface area contributed by atoms with E-state index in [1.165, 1.54) is 302 Å². The van der Waals surface area contributed by atoms with Gasteiger partial charge in [-0.05, 0) is 64.2 Å². The highest BCUT2D eigenvalue weighted by molar-refractivity contribution is 5.76. The quantitative estimate of drug-likeness (QED) is 0.0420. The van der Waals surface area contributed by atoms with Gasteiger partial charge in [-0.2, -0.15) is 0 Å². The van der Waals surface area contributed by atoms with Gasteiger partial charge in [-0.3, -0.25) is 4.79 Å². The standard InChI is InChI=1S/C68H129NO3/c1-3-5-7-9-11-13-15-17-19-21-23-25-26-27-28-29-30-31-32-33-34-35-36-37-38-39-40-41-42-44-46-48-50-52-54-56-58-60-62-64-68(72)69-66(65-70)67(71)63-61-59-57-55-53-51-49-47-45-43-24-22-20-18-16-14-12-10-8-6-4-2/h30-31,33-34,53,55,61,63,66-67,70-71H,3-29,32,35-52,54,56-60,62,64-65H2,1-2H3,(H,69,72)/b31-30-,34-33-,55-53+,63-61+. The first-order chi connectivity index (χ1) is 35.7. The zero-order valence-corrected chi connectivity index (χ0v) is 49.0. The van der Waals surface area contributed by atoms with Crippen LogP contribution < -0.4 is 5.32 Å². The minimum absolute atomic E-state index is 0.0689. The average Bonchev–Trinajstić information content (AvgIpc) is 3.39. The summed E-state index contributed by atoms with van der Waals surface area (Å²) >= 11 is 0. The van der Waals surface area contributed by atoms with Crippen LogP contribution in [0.3, 0.4) is 0 Å². The Kier molecular flexibility index (Phi) is 62.2. The van der Waals surface area contributed by atoms with Crippen LogP contribution in [0.2, 0.25) is 0 Å². The zero-order valence-electron chi connectivity index (χ0n) is 49.0. The van der Waals surface area contributed by atoms with Crippen molar-refractivity contribution in [1.82, 2.24) is 5.32 Å². The van der Waals surface area contributed by atoms with Crippen LogP contribution in [-0.2, 0) is 4.79 Å². The van der Waals surface area contributed by atoms with E-state index in [1.54, 1.807) is 6.08 Å². The Balaban J connectivity index is 3.45. The second kappa shape index (κ2) is 63.6. The fourth-order valence-electron chi connectivity index (χ4n) is 10.3. The maximum atomic E-state index is 12.5. The monoisotopic (exact) mass is 1010 g/mol. The van der Waals surface area contributed by atoms with Crippen molar-refractivity contribution < 1.29 is 15.0 Å². The Morgan fingerprint density at radius 2 is 0.583 bits per heavy atom. The lowest BCUT2D eigenvalue weighted by molar-refractivity contribution is -0.123. The molecule has 0 bridgehead atoms. The molecule has 3 N–H and O–H groups in total. The average molecular weight is 1010 g/mol. The lowest BCUT2D eigenvalue weighted by Crippen LogP contribution is -2.45. The van der Waals surface area contributed by atoms with Crippen LogP contribution in [0.5, 0.6) is 0 Å². The van der Waals surface area contributed by atoms with Gasteiger partial charge in [0.15, 0.2) is 0 Å². The van der Waals surface area contributed by atoms with Crippen molar-refractivity contribution in [1.29, 1.82) is 0 Å². The molecule has 4 nitrogen and oxygen atoms in total. The number of rotatable bonds is 61. The van der Waals surface area contributed by atoms with Crippen molar-refractivity contribution in [3.05, 3.63) is 48.6 Å². The van der Waals surface area contributed by atoms with E-state index in [2.05, 4.69) is 55.6 Å². The molecule has 0 saturated carbocycles. The molecule has 0 aromatic heterocycles. The van der Waals surface area contributed by atoms with Crippen LogP contribution in [0.15, 0.2) is 48.6 Å². The van der Waals surface area contributed by atoms with E-state index in [0.717, 1.165) is 38.5 Å². The van der Waals surface area contributed by atoms with Crippen LogP contribution >= 0.6 is 0 Å². The van der Waals surface area contributed by atoms with Gasteiger partial charge in [-0.15, -0.1) is 0 Å². The Morgan fingerprint density at radius 3 is 0.889 bits per heavy atom. The normalized spacial score (nSPS) is 13.0. The van der Waals surface area contributed by atoms with Crippen molar-refractivity contribution in [2.24, 2.45) is 0 Å². The molecule has 0 spiro atoms. The molecule has 0 aromatic carbocycles. The van der Waals surface area contributed by atoms with Gasteiger partial charge < -0.3 is 15.5 Å². The summed E-state index contributed by atoms with van der Waals surface area (Å²) in [6, 6.07) is -0.640. The van der Waals surface area contributed by atoms with Gasteiger partial charge >= 0.3 is 0 Å². The topological polar surface area (TPSA) is 69.6 Å². The number of aliphatic hydroxyl groups is 2. The van der Waals surface area contributed by atoms with Crippen molar-refractivity contribution in [3.8, 4) is 0 Å². The third-order valence-corrected chi connectivity index (χ3v) is 15.3. The Hall–Kier alpha value is -1.65. The Labute approximate surface area is 452 Å². The molecular weight excluding hydrogens is 879 g/mol. The number of nitrogens with one attached hydrogen (secondary N) is 1. The van der Waals surface area contributed by atoms with E-state index in [1.807, 2.05) is 6.08 Å². The molecule has 72 heavy (non-hydrogen) atoms. The summed E-state index contributed by atoms with van der Waals surface area (Å²) in [6.45, 7) is 4.34. The molecule has 0 saturated heterocycles. The molecule has 2 atom stereocenters. The van der Waals surface area contributed by atoms with Crippen molar-refractivity contribution in [2.75, 3.05) is 6.61 Å². The Bertz CT molecular complexity index is 1140. The van der Waals surface area contributed by atoms with E-state index >= 15 is 0 Å². The summed E-state index contributed by atoms with van der Waals surface area (Å²) in [6.07, 6.45) is 89.0. The number of carbonyl (C=O) groups is 1. The third-order valence-electron chi connectivity index (χ3n) is 15.3. The summed E-state index contributed by atoms with van der Waals surface area (Å²) in [5, 5.41) is 23.2. The van der Waals surface area contributed by atoms with Gasteiger partial charge in [-0.25, -0.2) is 0 Å². The second-order valence-corrected chi connectivity index (χ2v) is 22.5. The maximum absolute atomic E-state index is 12.5. The van der Waals surface area contributed by atoms with Crippen molar-refractivity contribution >= 4 is 5.91 Å². The molecule has 0 fully saturated rings. The van der Waals surface area contributed by atoms with E-state index in [9.17, 15) is 15.0 Å². The number of hydrogen-bond donors (Lipinski definition) is 3. The van der Waals surface area contributed by atoms with E-state index in [4.69, 9.17) is 0 Å². The molecule has 0 radical (unpaired) electrons. The largest absolute Gasteiger partial charge is 0.394 e. The van der Waals surface area contributed by atoms with E-state index < -0.39 is 12.1 Å². The van der Waals surface area contributed by atoms with Crippen LogP contribution in [0, 0.1) is 0 Å². The minimum atomic E-state index is -0.863. The number of aliphatic hydroxyl groups excluding tert-OH is 2. The first-order valence-corrected chi connectivity index (χ1v) is 32.9. The fraction of sp³-hybridized carbons (Fsp3) is 0.868. The molecule has 4 heteroatoms. The molecule has 424 valence electrons. The second-order valence-electron chi connectivity index (χ2n) is 22.5. The predicted octanol–water partition coefficient (Wildman–Crippen LogP) is 22.2. The molecule has 0 aliphatic carbocycles. The summed E-state index contributed by atoms with van der Waals surface area (Å²) in [5.74, 6) is -0.0689. The summed E-state index contributed by atoms with van der Waals surface area (Å²) in [7, 11) is 0. The van der Waals surface area contributed by atoms with Crippen molar-refractivity contribution in [3.63, 3.8) is 0 Å². The highest BCUT2D eigenvalue weighted by atomic mass is 16.3. The minimum Gasteiger partial charge on any atom is -0.394 e. The first-order valence-electron chi connectivity index (χ1n) is 32.9. The van der Waals surface area contributed by atoms with E-state index in [-0.39, 0.29) is 12.5 Å². The van der Waals surface area contributed by atoms with Crippen LogP contribution in [-0.4, -0.2) is 34.9 Å². The molecule has 0 aliphatic heterocycles. The molecule has 1 amide bonds. The Morgan fingerprint density at radius 1 is 0.333 bits per heavy atom. The first kappa shape index (κ1) is 70.3. The third kappa shape index (κ3) is 59.2. The number of unbranched alkanes of at least 4 members (excludes halogenated alkanes) is 48. The molecule has 0 heterocycles. The number of hydrogen-bond acceptors (Lipinski definition) is 3. The van der Waals surface area contributed by atoms with Gasteiger partial charge in [0.1, 0.15) is 0 Å². The van der Waals surface area contributed by atoms with Gasteiger partial charge in [-0.1, -0.05) is 339 Å². The number of allylic oxidation sites excluding steroid dienone is 7. The van der Waals surface area contributed by atoms with Gasteiger partial charge in [0, 0.05) is 6.42 Å². The molecule has 0 aromatic rings. The summed E-state index contributed by atoms with van der Waals surface area (Å²) < 4.78 is 0. The summed E-state index contributed by atoms with van der Waals surface area (Å²) in [4.78, 5) is 12.5. The summed E-state index contributed by atoms with van der Waals surface area (Å²) in [5.41, 5.74) is 0. The number of amides is 1. The zero-order chi connectivity index (χ0) is 52.0. The van der Waals surface area contributed by atoms with Crippen LogP contribution in [0.1, 0.15) is 361 Å². The molecule has 0 aliphatic rings. The smallest absolute Gasteiger partial charge is 0.220 e. The SMILES string of the molecule is CCCCCCCCCCCCCCCCC/C=C\C/C=C\CCCCCCCCCCCCCCCCCCCC(=O)NC(CO)C(O)/C=C/CC/C=C/CCCCCCCCCCCCCCCCC. The predicted molar refractivity (Wildman–Crippen MR) is 322 cm³/mol. The highest BCUT2D eigenvalue weighted by Crippen LogP contribution is 2.18. The van der Waals surface area contributed by atoms with Gasteiger partial charge in [0.25, 0.3) is 0 Å². The van der Waals surface area contributed by atoms with Crippen molar-refractivity contribution in [2.45, 2.75) is 373 Å². The van der Waals surface area contributed by atoms with Crippen LogP contribution in [0.25, 0.3) is 0 Å². The maximum Gasteiger partial charge on any atom is 0.220 e. The molecule has 0 rings (SSSR count). The van der Waals surface area contributed by atoms with Crippen LogP contribution in [0.4, 0.5) is 0 Å². The van der Waals surface area contributed by atoms with Gasteiger partial charge in [0.05, 0.1) is 18.8 Å². The highest BCUT2D eigenvalue weighted by Gasteiger charge is 2.18. The lowest BCUT2D eigenvalue weighted by Gasteiger charge is -2.19. The fourth-order valence-corrected chi connectivity index (χ4v) is 10.3. The molecule has 2 unspecified atom stereocenters. The lowest BCUT2D eigenvalue weighted by atomic mass is 10.0. The van der Waals surface area contributed by atoms with E-state index in [0.29, 0.717) is 6.42 Å². The molecular formula is C68H129NO3. The number of carbonyl (C=O) groups excluding carboxylic acids is 1.